The summed E-state index contributed by atoms with van der Waals surface area (Å²) >= 11 is 0. The molecule has 0 saturated carbocycles. The first kappa shape index (κ1) is 25.8. The fourth-order valence-corrected chi connectivity index (χ4v) is 3.57. The average Bonchev–Trinajstić information content (AvgIpc) is 3.05. The molecule has 6 nitrogen and oxygen atoms in total. The highest BCUT2D eigenvalue weighted by Crippen LogP contribution is 2.35. The van der Waals surface area contributed by atoms with Crippen LogP contribution in [0.1, 0.15) is 23.5 Å². The van der Waals surface area contributed by atoms with Crippen LogP contribution in [0.15, 0.2) is 12.1 Å². The minimum Gasteiger partial charge on any atom is -0.361 e. The predicted molar refractivity (Wildman–Crippen MR) is 107 cm³/mol. The smallest absolute Gasteiger partial charge is 0.361 e. The van der Waals surface area contributed by atoms with Crippen molar-refractivity contribution in [3.8, 4) is 0 Å². The zero-order chi connectivity index (χ0) is 23.1. The molecule has 13 heteroatoms. The number of carbonyl (C=O) groups is 1. The van der Waals surface area contributed by atoms with Gasteiger partial charge in [-0.05, 0) is 18.1 Å². The number of carbonyl (C=O) groups excluding carboxylic acids is 1. The third kappa shape index (κ3) is 5.29. The zero-order valence-electron chi connectivity index (χ0n) is 17.2. The first-order valence-corrected chi connectivity index (χ1v) is 9.39. The molecule has 1 aliphatic rings. The van der Waals surface area contributed by atoms with Gasteiger partial charge >= 0.3 is 6.18 Å². The Kier molecular flexibility index (Phi) is 7.71. The summed E-state index contributed by atoms with van der Waals surface area (Å²) in [6.07, 6.45) is -5.08. The molecule has 2 heterocycles. The molecule has 0 saturated heterocycles. The highest BCUT2D eigenvalue weighted by atomic mass is 35.5. The average molecular weight is 486 g/mol. The Morgan fingerprint density at radius 1 is 1.16 bits per heavy atom. The Hall–Kier alpha value is -2.47. The van der Waals surface area contributed by atoms with E-state index in [1.807, 2.05) is 0 Å². The van der Waals surface area contributed by atoms with E-state index in [4.69, 9.17) is 5.73 Å². The van der Waals surface area contributed by atoms with Crippen LogP contribution in [0.3, 0.4) is 0 Å². The maximum absolute atomic E-state index is 13.8. The van der Waals surface area contributed by atoms with Crippen LogP contribution in [0.2, 0.25) is 0 Å². The molecule has 0 fully saturated rings. The van der Waals surface area contributed by atoms with Gasteiger partial charge in [-0.2, -0.15) is 13.2 Å². The lowest BCUT2D eigenvalue weighted by molar-refractivity contribution is -0.148. The van der Waals surface area contributed by atoms with E-state index in [0.29, 0.717) is 12.1 Å². The van der Waals surface area contributed by atoms with E-state index in [2.05, 4.69) is 4.98 Å². The summed E-state index contributed by atoms with van der Waals surface area (Å²) in [7, 11) is 3.10. The van der Waals surface area contributed by atoms with E-state index in [1.165, 1.54) is 9.80 Å². The SMILES string of the molecule is CN(C)c1nc(C(F)(F)F)n2c1CN(C(=O)C[C@H](N)Cc1cc(F)c(F)cc1F)CC2.Cl. The summed E-state index contributed by atoms with van der Waals surface area (Å²) in [5.74, 6) is -4.89. The number of halogens is 7. The summed E-state index contributed by atoms with van der Waals surface area (Å²) in [6, 6.07) is 0.209. The van der Waals surface area contributed by atoms with E-state index in [9.17, 15) is 31.1 Å². The third-order valence-electron chi connectivity index (χ3n) is 5.02. The van der Waals surface area contributed by atoms with Gasteiger partial charge in [0.2, 0.25) is 11.7 Å². The molecule has 0 bridgehead atoms. The number of anilines is 1. The number of alkyl halides is 3. The molecule has 2 aromatic rings. The molecule has 1 amide bonds. The zero-order valence-corrected chi connectivity index (χ0v) is 18.0. The number of hydrogen-bond donors (Lipinski definition) is 1. The van der Waals surface area contributed by atoms with Crippen molar-refractivity contribution in [3.05, 3.63) is 46.7 Å². The lowest BCUT2D eigenvalue weighted by atomic mass is 10.0. The molecule has 0 unspecified atom stereocenters. The van der Waals surface area contributed by atoms with Crippen LogP contribution < -0.4 is 10.6 Å². The molecule has 1 aromatic carbocycles. The van der Waals surface area contributed by atoms with Crippen molar-refractivity contribution in [2.75, 3.05) is 25.5 Å². The van der Waals surface area contributed by atoms with Crippen LogP contribution in [-0.4, -0.2) is 47.0 Å². The van der Waals surface area contributed by atoms with Crippen LogP contribution in [0.25, 0.3) is 0 Å². The largest absolute Gasteiger partial charge is 0.449 e. The van der Waals surface area contributed by atoms with Crippen LogP contribution in [0, 0.1) is 17.5 Å². The molecule has 0 spiro atoms. The second-order valence-electron chi connectivity index (χ2n) is 7.59. The van der Waals surface area contributed by atoms with Crippen molar-refractivity contribution in [2.45, 2.75) is 38.1 Å². The lowest BCUT2D eigenvalue weighted by Gasteiger charge is -2.31. The van der Waals surface area contributed by atoms with E-state index in [1.54, 1.807) is 14.1 Å². The molecule has 32 heavy (non-hydrogen) atoms. The van der Waals surface area contributed by atoms with Crippen LogP contribution >= 0.6 is 12.4 Å². The second-order valence-corrected chi connectivity index (χ2v) is 7.59. The summed E-state index contributed by atoms with van der Waals surface area (Å²) in [4.78, 5) is 19.1. The van der Waals surface area contributed by atoms with Crippen LogP contribution in [0.4, 0.5) is 32.2 Å². The van der Waals surface area contributed by atoms with Gasteiger partial charge in [0.05, 0.1) is 12.2 Å². The molecule has 2 N–H and O–H groups in total. The van der Waals surface area contributed by atoms with Crippen molar-refractivity contribution >= 4 is 24.1 Å². The Morgan fingerprint density at radius 2 is 1.78 bits per heavy atom. The first-order chi connectivity index (χ1) is 14.4. The van der Waals surface area contributed by atoms with Crippen molar-refractivity contribution in [1.82, 2.24) is 14.5 Å². The number of aromatic nitrogens is 2. The number of nitrogens with two attached hydrogens (primary N) is 1. The van der Waals surface area contributed by atoms with Gasteiger partial charge in [0, 0.05) is 45.7 Å². The first-order valence-electron chi connectivity index (χ1n) is 9.39. The Morgan fingerprint density at radius 3 is 2.38 bits per heavy atom. The van der Waals surface area contributed by atoms with E-state index >= 15 is 0 Å². The molecule has 178 valence electrons. The Bertz CT molecular complexity index is 994. The number of benzene rings is 1. The van der Waals surface area contributed by atoms with E-state index in [0.717, 1.165) is 4.57 Å². The van der Waals surface area contributed by atoms with Crippen molar-refractivity contribution in [2.24, 2.45) is 5.73 Å². The summed E-state index contributed by atoms with van der Waals surface area (Å²) in [5.41, 5.74) is 5.98. The minimum absolute atomic E-state index is 0. The molecule has 1 atom stereocenters. The predicted octanol–water partition coefficient (Wildman–Crippen LogP) is 3.11. The molecule has 1 aliphatic heterocycles. The molecule has 0 aliphatic carbocycles. The van der Waals surface area contributed by atoms with Crippen LogP contribution in [-0.2, 0) is 30.5 Å². The topological polar surface area (TPSA) is 67.4 Å². The normalized spacial score (nSPS) is 14.6. The fraction of sp³-hybridized carbons (Fsp3) is 0.474. The summed E-state index contributed by atoms with van der Waals surface area (Å²) < 4.78 is 81.1. The number of imidazole rings is 1. The molecule has 1 aromatic heterocycles. The minimum atomic E-state index is -4.63. The van der Waals surface area contributed by atoms with Gasteiger partial charge in [-0.15, -0.1) is 12.4 Å². The highest BCUT2D eigenvalue weighted by molar-refractivity contribution is 5.85. The van der Waals surface area contributed by atoms with Gasteiger partial charge in [0.15, 0.2) is 17.5 Å². The van der Waals surface area contributed by atoms with Gasteiger partial charge in [-0.25, -0.2) is 18.2 Å². The molecular formula is C19H22ClF6N5O. The highest BCUT2D eigenvalue weighted by Gasteiger charge is 2.41. The number of amides is 1. The van der Waals surface area contributed by atoms with Gasteiger partial charge in [0.25, 0.3) is 0 Å². The number of hydrogen-bond acceptors (Lipinski definition) is 4. The van der Waals surface area contributed by atoms with E-state index < -0.39 is 41.4 Å². The fourth-order valence-electron chi connectivity index (χ4n) is 3.57. The number of nitrogens with zero attached hydrogens (tertiary/aromatic N) is 4. The Balaban J connectivity index is 0.00000363. The third-order valence-corrected chi connectivity index (χ3v) is 5.02. The van der Waals surface area contributed by atoms with E-state index in [-0.39, 0.29) is 62.0 Å². The maximum atomic E-state index is 13.8. The monoisotopic (exact) mass is 485 g/mol. The molecular weight excluding hydrogens is 464 g/mol. The maximum Gasteiger partial charge on any atom is 0.449 e. The van der Waals surface area contributed by atoms with Gasteiger partial charge in [0.1, 0.15) is 5.82 Å². The molecule has 3 rings (SSSR count). The molecule has 0 radical (unpaired) electrons. The van der Waals surface area contributed by atoms with Crippen molar-refractivity contribution in [3.63, 3.8) is 0 Å². The van der Waals surface area contributed by atoms with Crippen molar-refractivity contribution < 1.29 is 31.1 Å². The lowest BCUT2D eigenvalue weighted by Crippen LogP contribution is -2.42. The van der Waals surface area contributed by atoms with Crippen molar-refractivity contribution in [1.29, 1.82) is 0 Å². The summed E-state index contributed by atoms with van der Waals surface area (Å²) in [6.45, 7) is -0.171. The summed E-state index contributed by atoms with van der Waals surface area (Å²) in [5, 5.41) is 0. The van der Waals surface area contributed by atoms with Gasteiger partial charge < -0.3 is 20.1 Å². The van der Waals surface area contributed by atoms with Crippen LogP contribution in [0.5, 0.6) is 0 Å². The quantitative estimate of drug-likeness (QED) is 0.522. The number of rotatable bonds is 5. The standard InChI is InChI=1S/C19H21F6N5O.ClH/c1-28(2)17-15-9-29(3-4-30(15)18(27-17)19(23,24)25)16(31)7-11(26)5-10-6-13(21)14(22)8-12(10)20;/h6,8,11H,3-5,7,9,26H2,1-2H3;1H/t11-;/m1./s1. The second kappa shape index (κ2) is 9.57. The number of fused-ring (bicyclic) bond motifs is 1. The Labute approximate surface area is 186 Å². The van der Waals surface area contributed by atoms with Gasteiger partial charge in [-0.3, -0.25) is 4.79 Å². The van der Waals surface area contributed by atoms with Gasteiger partial charge in [-0.1, -0.05) is 0 Å².